The molecule has 0 bridgehead atoms. The lowest BCUT2D eigenvalue weighted by Crippen LogP contribution is -2.26. The first-order chi connectivity index (χ1) is 9.00. The summed E-state index contributed by atoms with van der Waals surface area (Å²) >= 11 is 0. The number of carbonyl (C=O) groups is 2. The lowest BCUT2D eigenvalue weighted by molar-refractivity contribution is -0.127. The minimum atomic E-state index is -1.05. The third-order valence-corrected chi connectivity index (χ3v) is 3.03. The van der Waals surface area contributed by atoms with Crippen molar-refractivity contribution >= 4 is 17.4 Å². The summed E-state index contributed by atoms with van der Waals surface area (Å²) in [6.07, 6.45) is 2.28. The SMILES string of the molecule is CC(=O)N(C)CCc1nc(C(=O)O)c2ccccn12. The Hall–Kier alpha value is -2.37. The molecule has 2 aromatic heterocycles. The van der Waals surface area contributed by atoms with Gasteiger partial charge in [-0.05, 0) is 12.1 Å². The highest BCUT2D eigenvalue weighted by Crippen LogP contribution is 2.13. The molecule has 6 heteroatoms. The number of aromatic nitrogens is 2. The van der Waals surface area contributed by atoms with E-state index in [0.717, 1.165) is 0 Å². The Bertz CT molecular complexity index is 633. The van der Waals surface area contributed by atoms with Crippen LogP contribution in [0.5, 0.6) is 0 Å². The van der Waals surface area contributed by atoms with E-state index in [2.05, 4.69) is 4.98 Å². The average Bonchev–Trinajstić information content (AvgIpc) is 2.75. The third kappa shape index (κ3) is 2.57. The van der Waals surface area contributed by atoms with Gasteiger partial charge in [-0.1, -0.05) is 6.07 Å². The molecule has 100 valence electrons. The summed E-state index contributed by atoms with van der Waals surface area (Å²) in [7, 11) is 1.70. The predicted molar refractivity (Wildman–Crippen MR) is 69.2 cm³/mol. The molecule has 2 heterocycles. The molecule has 19 heavy (non-hydrogen) atoms. The van der Waals surface area contributed by atoms with Crippen LogP contribution in [-0.2, 0) is 11.2 Å². The van der Waals surface area contributed by atoms with Gasteiger partial charge in [-0.3, -0.25) is 4.79 Å². The summed E-state index contributed by atoms with van der Waals surface area (Å²) in [5.74, 6) is -0.435. The smallest absolute Gasteiger partial charge is 0.356 e. The molecule has 0 atom stereocenters. The van der Waals surface area contributed by atoms with Crippen molar-refractivity contribution in [1.29, 1.82) is 0 Å². The Kier molecular flexibility index (Phi) is 3.50. The van der Waals surface area contributed by atoms with Gasteiger partial charge in [-0.25, -0.2) is 9.78 Å². The first-order valence-corrected chi connectivity index (χ1v) is 5.91. The lowest BCUT2D eigenvalue weighted by atomic mass is 10.3. The summed E-state index contributed by atoms with van der Waals surface area (Å²) in [4.78, 5) is 28.0. The fraction of sp³-hybridized carbons (Fsp3) is 0.308. The van der Waals surface area contributed by atoms with Crippen LogP contribution in [0.15, 0.2) is 24.4 Å². The highest BCUT2D eigenvalue weighted by Gasteiger charge is 2.16. The molecule has 0 saturated carbocycles. The Morgan fingerprint density at radius 2 is 2.16 bits per heavy atom. The number of rotatable bonds is 4. The van der Waals surface area contributed by atoms with Gasteiger partial charge in [0.05, 0.1) is 5.52 Å². The number of pyridine rings is 1. The normalized spacial score (nSPS) is 10.6. The van der Waals surface area contributed by atoms with E-state index in [4.69, 9.17) is 5.11 Å². The van der Waals surface area contributed by atoms with Crippen molar-refractivity contribution in [2.24, 2.45) is 0 Å². The average molecular weight is 261 g/mol. The number of carboxylic acid groups (broad SMARTS) is 1. The number of nitrogens with zero attached hydrogens (tertiary/aromatic N) is 3. The van der Waals surface area contributed by atoms with Crippen molar-refractivity contribution < 1.29 is 14.7 Å². The van der Waals surface area contributed by atoms with Crippen LogP contribution in [0.3, 0.4) is 0 Å². The van der Waals surface area contributed by atoms with Gasteiger partial charge in [0.2, 0.25) is 5.91 Å². The second-order valence-electron chi connectivity index (χ2n) is 4.33. The van der Waals surface area contributed by atoms with E-state index in [-0.39, 0.29) is 11.6 Å². The third-order valence-electron chi connectivity index (χ3n) is 3.03. The first-order valence-electron chi connectivity index (χ1n) is 5.91. The lowest BCUT2D eigenvalue weighted by Gasteiger charge is -2.13. The maximum absolute atomic E-state index is 11.1. The molecule has 2 rings (SSSR count). The number of imidazole rings is 1. The standard InChI is InChI=1S/C13H15N3O3/c1-9(17)15(2)8-6-11-14-12(13(18)19)10-5-3-4-7-16(10)11/h3-5,7H,6,8H2,1-2H3,(H,18,19). The topological polar surface area (TPSA) is 74.9 Å². The van der Waals surface area contributed by atoms with Crippen molar-refractivity contribution in [3.63, 3.8) is 0 Å². The number of amides is 1. The summed E-state index contributed by atoms with van der Waals surface area (Å²) in [5.41, 5.74) is 0.608. The summed E-state index contributed by atoms with van der Waals surface area (Å²) < 4.78 is 1.75. The molecule has 0 unspecified atom stereocenters. The molecule has 2 aromatic rings. The van der Waals surface area contributed by atoms with E-state index >= 15 is 0 Å². The number of carboxylic acids is 1. The highest BCUT2D eigenvalue weighted by molar-refractivity contribution is 5.93. The second kappa shape index (κ2) is 5.09. The molecule has 1 amide bonds. The Morgan fingerprint density at radius 3 is 2.79 bits per heavy atom. The zero-order valence-corrected chi connectivity index (χ0v) is 10.8. The van der Waals surface area contributed by atoms with Crippen LogP contribution in [0.25, 0.3) is 5.52 Å². The largest absolute Gasteiger partial charge is 0.476 e. The molecule has 0 saturated heterocycles. The highest BCUT2D eigenvalue weighted by atomic mass is 16.4. The second-order valence-corrected chi connectivity index (χ2v) is 4.33. The number of likely N-dealkylation sites (N-methyl/N-ethyl adjacent to an activating group) is 1. The van der Waals surface area contributed by atoms with Crippen LogP contribution < -0.4 is 0 Å². The van der Waals surface area contributed by atoms with E-state index in [9.17, 15) is 9.59 Å². The van der Waals surface area contributed by atoms with Crippen LogP contribution in [0.2, 0.25) is 0 Å². The fourth-order valence-corrected chi connectivity index (χ4v) is 1.86. The van der Waals surface area contributed by atoms with Gasteiger partial charge < -0.3 is 14.4 Å². The summed E-state index contributed by atoms with van der Waals surface area (Å²) in [6.45, 7) is 1.99. The van der Waals surface area contributed by atoms with E-state index in [1.54, 1.807) is 34.7 Å². The van der Waals surface area contributed by atoms with Gasteiger partial charge in [0.25, 0.3) is 0 Å². The molecular weight excluding hydrogens is 246 g/mol. The van der Waals surface area contributed by atoms with Crippen LogP contribution in [0.1, 0.15) is 23.2 Å². The van der Waals surface area contributed by atoms with Gasteiger partial charge in [0.15, 0.2) is 5.69 Å². The van der Waals surface area contributed by atoms with Crippen molar-refractivity contribution in [2.75, 3.05) is 13.6 Å². The van der Waals surface area contributed by atoms with E-state index in [0.29, 0.717) is 24.3 Å². The van der Waals surface area contributed by atoms with Gasteiger partial charge in [-0.15, -0.1) is 0 Å². The van der Waals surface area contributed by atoms with Crippen molar-refractivity contribution in [3.05, 3.63) is 35.9 Å². The molecule has 0 aliphatic heterocycles. The van der Waals surface area contributed by atoms with Gasteiger partial charge in [0, 0.05) is 33.1 Å². The molecule has 0 spiro atoms. The minimum Gasteiger partial charge on any atom is -0.476 e. The molecule has 0 aliphatic rings. The van der Waals surface area contributed by atoms with Gasteiger partial charge in [0.1, 0.15) is 5.82 Å². The van der Waals surface area contributed by atoms with E-state index < -0.39 is 5.97 Å². The summed E-state index contributed by atoms with van der Waals surface area (Å²) in [5, 5.41) is 9.12. The molecule has 6 nitrogen and oxygen atoms in total. The van der Waals surface area contributed by atoms with Crippen molar-refractivity contribution in [3.8, 4) is 0 Å². The van der Waals surface area contributed by atoms with Gasteiger partial charge >= 0.3 is 5.97 Å². The number of fused-ring (bicyclic) bond motifs is 1. The Labute approximate surface area is 110 Å². The predicted octanol–water partition coefficient (Wildman–Crippen LogP) is 1.05. The van der Waals surface area contributed by atoms with Crippen molar-refractivity contribution in [1.82, 2.24) is 14.3 Å². The fourth-order valence-electron chi connectivity index (χ4n) is 1.86. The number of hydrogen-bond acceptors (Lipinski definition) is 3. The molecular formula is C13H15N3O3. The van der Waals surface area contributed by atoms with E-state index in [1.807, 2.05) is 6.07 Å². The van der Waals surface area contributed by atoms with Crippen LogP contribution in [-0.4, -0.2) is 44.9 Å². The van der Waals surface area contributed by atoms with Crippen molar-refractivity contribution in [2.45, 2.75) is 13.3 Å². The molecule has 0 aromatic carbocycles. The zero-order valence-electron chi connectivity index (χ0n) is 10.8. The maximum atomic E-state index is 11.1. The van der Waals surface area contributed by atoms with Crippen LogP contribution >= 0.6 is 0 Å². The first kappa shape index (κ1) is 13.1. The minimum absolute atomic E-state index is 0.0284. The quantitative estimate of drug-likeness (QED) is 0.892. The zero-order chi connectivity index (χ0) is 14.0. The number of aromatic carboxylic acids is 1. The number of carbonyl (C=O) groups excluding carboxylic acids is 1. The Morgan fingerprint density at radius 1 is 1.42 bits per heavy atom. The van der Waals surface area contributed by atoms with Crippen LogP contribution in [0.4, 0.5) is 0 Å². The molecule has 0 radical (unpaired) electrons. The monoisotopic (exact) mass is 261 g/mol. The molecule has 0 aliphatic carbocycles. The van der Waals surface area contributed by atoms with E-state index in [1.165, 1.54) is 6.92 Å². The number of hydrogen-bond donors (Lipinski definition) is 1. The maximum Gasteiger partial charge on any atom is 0.356 e. The Balaban J connectivity index is 2.33. The summed E-state index contributed by atoms with van der Waals surface area (Å²) in [6, 6.07) is 5.31. The molecule has 0 fully saturated rings. The van der Waals surface area contributed by atoms with Crippen LogP contribution in [0, 0.1) is 0 Å². The molecule has 1 N–H and O–H groups in total. The van der Waals surface area contributed by atoms with Gasteiger partial charge in [-0.2, -0.15) is 0 Å².